The van der Waals surface area contributed by atoms with Crippen molar-refractivity contribution < 1.29 is 4.74 Å². The quantitative estimate of drug-likeness (QED) is 0.816. The lowest BCUT2D eigenvalue weighted by molar-refractivity contribution is 0.122. The second-order valence-electron chi connectivity index (χ2n) is 3.75. The molecule has 1 aliphatic rings. The van der Waals surface area contributed by atoms with Gasteiger partial charge in [-0.2, -0.15) is 26.7 Å². The summed E-state index contributed by atoms with van der Waals surface area (Å²) in [5.74, 6) is 2.14. The van der Waals surface area contributed by atoms with Crippen molar-refractivity contribution in [3.8, 4) is 0 Å². The van der Waals surface area contributed by atoms with E-state index in [2.05, 4.69) is 31.4 Å². The molecule has 1 aromatic heterocycles. The fourth-order valence-electron chi connectivity index (χ4n) is 1.59. The van der Waals surface area contributed by atoms with Crippen LogP contribution in [0.2, 0.25) is 5.28 Å². The summed E-state index contributed by atoms with van der Waals surface area (Å²) in [5, 5.41) is 3.36. The van der Waals surface area contributed by atoms with E-state index in [1.165, 1.54) is 0 Å². The van der Waals surface area contributed by atoms with E-state index >= 15 is 0 Å². The van der Waals surface area contributed by atoms with Gasteiger partial charge in [-0.3, -0.25) is 0 Å². The minimum atomic E-state index is 0.221. The fourth-order valence-corrected chi connectivity index (χ4v) is 2.05. The van der Waals surface area contributed by atoms with Gasteiger partial charge < -0.3 is 15.0 Å². The summed E-state index contributed by atoms with van der Waals surface area (Å²) in [6.45, 7) is 3.76. The average Bonchev–Trinajstić information content (AvgIpc) is 2.39. The summed E-state index contributed by atoms with van der Waals surface area (Å²) < 4.78 is 5.30. The number of morpholine rings is 1. The Morgan fingerprint density at radius 1 is 1.33 bits per heavy atom. The lowest BCUT2D eigenvalue weighted by Crippen LogP contribution is -2.37. The van der Waals surface area contributed by atoms with Crippen molar-refractivity contribution in [2.75, 3.05) is 55.1 Å². The van der Waals surface area contributed by atoms with Crippen molar-refractivity contribution >= 4 is 35.3 Å². The second kappa shape index (κ2) is 6.96. The van der Waals surface area contributed by atoms with E-state index in [0.29, 0.717) is 25.1 Å². The zero-order valence-electron chi connectivity index (χ0n) is 10.2. The molecule has 0 amide bonds. The van der Waals surface area contributed by atoms with Crippen LogP contribution < -0.4 is 10.2 Å². The summed E-state index contributed by atoms with van der Waals surface area (Å²) in [6.07, 6.45) is 2.06. The van der Waals surface area contributed by atoms with Crippen LogP contribution in [0, 0.1) is 0 Å². The van der Waals surface area contributed by atoms with Gasteiger partial charge in [-0.1, -0.05) is 0 Å². The third-order valence-electron chi connectivity index (χ3n) is 2.48. The summed E-state index contributed by atoms with van der Waals surface area (Å²) in [7, 11) is 0. The van der Waals surface area contributed by atoms with Gasteiger partial charge in [0.15, 0.2) is 0 Å². The van der Waals surface area contributed by atoms with E-state index in [1.807, 2.05) is 0 Å². The van der Waals surface area contributed by atoms with Gasteiger partial charge in [0.1, 0.15) is 0 Å². The van der Waals surface area contributed by atoms with Crippen molar-refractivity contribution in [2.45, 2.75) is 0 Å². The molecule has 0 aliphatic carbocycles. The number of rotatable bonds is 5. The van der Waals surface area contributed by atoms with Crippen molar-refractivity contribution in [3.05, 3.63) is 5.28 Å². The molecule has 0 atom stereocenters. The van der Waals surface area contributed by atoms with Crippen LogP contribution in [0.15, 0.2) is 0 Å². The Morgan fingerprint density at radius 2 is 2.11 bits per heavy atom. The Bertz CT molecular complexity index is 389. The zero-order chi connectivity index (χ0) is 12.8. The van der Waals surface area contributed by atoms with Crippen LogP contribution in [-0.2, 0) is 4.74 Å². The molecule has 0 unspecified atom stereocenters. The number of thioether (sulfide) groups is 1. The molecule has 1 aromatic rings. The molecule has 8 heteroatoms. The molecule has 0 saturated carbocycles. The number of nitrogens with zero attached hydrogens (tertiary/aromatic N) is 4. The van der Waals surface area contributed by atoms with E-state index in [4.69, 9.17) is 16.3 Å². The lowest BCUT2D eigenvalue weighted by atomic mass is 10.4. The van der Waals surface area contributed by atoms with E-state index in [1.54, 1.807) is 11.8 Å². The number of hydrogen-bond acceptors (Lipinski definition) is 7. The molecule has 2 rings (SSSR count). The van der Waals surface area contributed by atoms with E-state index in [-0.39, 0.29) is 5.28 Å². The van der Waals surface area contributed by atoms with Gasteiger partial charge in [-0.05, 0) is 17.9 Å². The van der Waals surface area contributed by atoms with Gasteiger partial charge in [0.05, 0.1) is 13.2 Å². The number of anilines is 2. The Kier molecular flexibility index (Phi) is 5.27. The van der Waals surface area contributed by atoms with Crippen LogP contribution in [0.1, 0.15) is 0 Å². The first kappa shape index (κ1) is 13.6. The van der Waals surface area contributed by atoms with Crippen LogP contribution in [0.4, 0.5) is 11.9 Å². The molecule has 1 fully saturated rings. The average molecular weight is 290 g/mol. The molecular weight excluding hydrogens is 274 g/mol. The number of halogens is 1. The third kappa shape index (κ3) is 3.86. The number of aromatic nitrogens is 3. The largest absolute Gasteiger partial charge is 0.378 e. The first-order chi connectivity index (χ1) is 8.79. The lowest BCUT2D eigenvalue weighted by Gasteiger charge is -2.26. The van der Waals surface area contributed by atoms with Gasteiger partial charge in [0.25, 0.3) is 0 Å². The summed E-state index contributed by atoms with van der Waals surface area (Å²) in [6, 6.07) is 0. The molecule has 0 bridgehead atoms. The smallest absolute Gasteiger partial charge is 0.231 e. The standard InChI is InChI=1S/C10H16ClN5OS/c1-18-7-2-12-9-13-8(11)14-10(15-9)16-3-5-17-6-4-16/h2-7H2,1H3,(H,12,13,14,15). The molecule has 0 radical (unpaired) electrons. The van der Waals surface area contributed by atoms with Crippen LogP contribution in [0.3, 0.4) is 0 Å². The molecule has 0 spiro atoms. The molecule has 100 valence electrons. The first-order valence-electron chi connectivity index (χ1n) is 5.76. The Hall–Kier alpha value is -0.790. The molecule has 6 nitrogen and oxygen atoms in total. The van der Waals surface area contributed by atoms with E-state index in [0.717, 1.165) is 25.4 Å². The van der Waals surface area contributed by atoms with Gasteiger partial charge >= 0.3 is 0 Å². The highest BCUT2D eigenvalue weighted by molar-refractivity contribution is 7.98. The van der Waals surface area contributed by atoms with E-state index in [9.17, 15) is 0 Å². The maximum Gasteiger partial charge on any atom is 0.231 e. The van der Waals surface area contributed by atoms with Crippen LogP contribution in [0.25, 0.3) is 0 Å². The SMILES string of the molecule is CSCCNc1nc(Cl)nc(N2CCOCC2)n1. The highest BCUT2D eigenvalue weighted by atomic mass is 35.5. The molecule has 2 heterocycles. The normalized spacial score (nSPS) is 15.8. The van der Waals surface area contributed by atoms with Gasteiger partial charge in [0.2, 0.25) is 17.2 Å². The Labute approximate surface area is 115 Å². The van der Waals surface area contributed by atoms with Crippen molar-refractivity contribution in [1.82, 2.24) is 15.0 Å². The van der Waals surface area contributed by atoms with E-state index < -0.39 is 0 Å². The maximum absolute atomic E-state index is 5.92. The molecule has 18 heavy (non-hydrogen) atoms. The highest BCUT2D eigenvalue weighted by Crippen LogP contribution is 2.14. The fraction of sp³-hybridized carbons (Fsp3) is 0.700. The predicted molar refractivity (Wildman–Crippen MR) is 74.7 cm³/mol. The molecule has 1 N–H and O–H groups in total. The Balaban J connectivity index is 2.05. The van der Waals surface area contributed by atoms with Crippen molar-refractivity contribution in [3.63, 3.8) is 0 Å². The number of nitrogens with one attached hydrogen (secondary N) is 1. The maximum atomic E-state index is 5.92. The van der Waals surface area contributed by atoms with Gasteiger partial charge in [-0.25, -0.2) is 0 Å². The van der Waals surface area contributed by atoms with Crippen molar-refractivity contribution in [2.24, 2.45) is 0 Å². The molecule has 1 saturated heterocycles. The van der Waals surface area contributed by atoms with Crippen molar-refractivity contribution in [1.29, 1.82) is 0 Å². The highest BCUT2D eigenvalue weighted by Gasteiger charge is 2.15. The Morgan fingerprint density at radius 3 is 2.83 bits per heavy atom. The van der Waals surface area contributed by atoms with Gasteiger partial charge in [-0.15, -0.1) is 0 Å². The molecule has 0 aromatic carbocycles. The van der Waals surface area contributed by atoms with Gasteiger partial charge in [0, 0.05) is 25.4 Å². The number of ether oxygens (including phenoxy) is 1. The molecular formula is C10H16ClN5OS. The van der Waals surface area contributed by atoms with Crippen LogP contribution in [0.5, 0.6) is 0 Å². The topological polar surface area (TPSA) is 63.2 Å². The first-order valence-corrected chi connectivity index (χ1v) is 7.54. The third-order valence-corrected chi connectivity index (χ3v) is 3.26. The minimum absolute atomic E-state index is 0.221. The summed E-state index contributed by atoms with van der Waals surface area (Å²) >= 11 is 7.68. The zero-order valence-corrected chi connectivity index (χ0v) is 11.8. The monoisotopic (exact) mass is 289 g/mol. The molecule has 1 aliphatic heterocycles. The van der Waals surface area contributed by atoms with Crippen LogP contribution in [-0.4, -0.2) is 59.8 Å². The summed E-state index contributed by atoms with van der Waals surface area (Å²) in [5.41, 5.74) is 0. The minimum Gasteiger partial charge on any atom is -0.378 e. The number of hydrogen-bond donors (Lipinski definition) is 1. The predicted octanol–water partition coefficient (Wildman–Crippen LogP) is 1.14. The summed E-state index contributed by atoms with van der Waals surface area (Å²) in [4.78, 5) is 14.6. The second-order valence-corrected chi connectivity index (χ2v) is 5.07. The van der Waals surface area contributed by atoms with Crippen LogP contribution >= 0.6 is 23.4 Å².